The minimum atomic E-state index is -3.88. The van der Waals surface area contributed by atoms with Gasteiger partial charge < -0.3 is 4.90 Å². The Bertz CT molecular complexity index is 1270. The van der Waals surface area contributed by atoms with Crippen molar-refractivity contribution in [1.29, 1.82) is 0 Å². The Hall–Kier alpha value is -2.49. The quantitative estimate of drug-likeness (QED) is 0.623. The fourth-order valence-corrected chi connectivity index (χ4v) is 5.94. The van der Waals surface area contributed by atoms with Gasteiger partial charge in [0, 0.05) is 36.3 Å². The predicted octanol–water partition coefficient (Wildman–Crippen LogP) is 3.48. The van der Waals surface area contributed by atoms with Crippen molar-refractivity contribution in [2.24, 2.45) is 0 Å². The number of hydrogen-bond acceptors (Lipinski definition) is 5. The molecule has 8 nitrogen and oxygen atoms in total. The largest absolute Gasteiger partial charge is 0.338 e. The minimum Gasteiger partial charge on any atom is -0.338 e. The van der Waals surface area contributed by atoms with Crippen LogP contribution >= 0.6 is 11.6 Å². The van der Waals surface area contributed by atoms with Gasteiger partial charge in [0.2, 0.25) is 10.0 Å². The number of nitrogens with one attached hydrogen (secondary N) is 1. The van der Waals surface area contributed by atoms with Gasteiger partial charge in [0.1, 0.15) is 10.7 Å². The first-order chi connectivity index (χ1) is 15.0. The van der Waals surface area contributed by atoms with Gasteiger partial charge in [-0.15, -0.1) is 10.2 Å². The number of carbonyl (C=O) groups excluding carboxylic acids is 1. The highest BCUT2D eigenvalue weighted by molar-refractivity contribution is 7.89. The first-order valence-electron chi connectivity index (χ1n) is 10.5. The molecule has 1 fully saturated rings. The van der Waals surface area contributed by atoms with E-state index in [4.69, 9.17) is 11.6 Å². The molecule has 170 valence electrons. The molecule has 1 unspecified atom stereocenters. The molecule has 0 bridgehead atoms. The Labute approximate surface area is 192 Å². The second-order valence-electron chi connectivity index (χ2n) is 9.08. The van der Waals surface area contributed by atoms with Gasteiger partial charge in [-0.25, -0.2) is 13.1 Å². The van der Waals surface area contributed by atoms with Crippen LogP contribution in [0.5, 0.6) is 0 Å². The van der Waals surface area contributed by atoms with E-state index < -0.39 is 15.6 Å². The smallest absolute Gasteiger partial charge is 0.253 e. The molecule has 32 heavy (non-hydrogen) atoms. The molecule has 1 N–H and O–H groups in total. The van der Waals surface area contributed by atoms with Gasteiger partial charge in [0.25, 0.3) is 5.91 Å². The maximum absolute atomic E-state index is 13.3. The van der Waals surface area contributed by atoms with Crippen molar-refractivity contribution in [2.45, 2.75) is 50.0 Å². The van der Waals surface area contributed by atoms with Crippen molar-refractivity contribution in [3.63, 3.8) is 0 Å². The van der Waals surface area contributed by atoms with E-state index in [9.17, 15) is 13.2 Å². The average molecular weight is 476 g/mol. The number of fused-ring (bicyclic) bond motifs is 1. The van der Waals surface area contributed by atoms with Crippen LogP contribution < -0.4 is 4.72 Å². The Morgan fingerprint density at radius 2 is 1.97 bits per heavy atom. The number of nitrogens with zero attached hydrogens (tertiary/aromatic N) is 4. The minimum absolute atomic E-state index is 0.0446. The first-order valence-corrected chi connectivity index (χ1v) is 12.3. The number of halogens is 1. The highest BCUT2D eigenvalue weighted by Crippen LogP contribution is 2.29. The third-order valence-corrected chi connectivity index (χ3v) is 7.56. The number of piperidine rings is 1. The highest BCUT2D eigenvalue weighted by atomic mass is 35.5. The number of benzene rings is 1. The third kappa shape index (κ3) is 4.65. The Kier molecular flexibility index (Phi) is 6.00. The summed E-state index contributed by atoms with van der Waals surface area (Å²) < 4.78 is 30.2. The topological polar surface area (TPSA) is 96.7 Å². The van der Waals surface area contributed by atoms with E-state index in [0.717, 1.165) is 24.3 Å². The van der Waals surface area contributed by atoms with E-state index in [1.54, 1.807) is 31.7 Å². The van der Waals surface area contributed by atoms with E-state index in [0.29, 0.717) is 13.1 Å². The normalized spacial score (nSPS) is 17.6. The van der Waals surface area contributed by atoms with Gasteiger partial charge in [-0.2, -0.15) is 0 Å². The molecule has 0 aliphatic carbocycles. The second-order valence-corrected chi connectivity index (χ2v) is 11.1. The zero-order valence-corrected chi connectivity index (χ0v) is 19.8. The number of rotatable bonds is 4. The standard InChI is InChI=1S/C22H26ClN5O3S/c1-22(2,3)26-32(30,31)18-13-15(9-10-17(18)23)21(29)27-11-6-7-16(14-27)20-25-24-19-8-4-5-12-28(19)20/h4-5,8-10,12-13,16,26H,6-7,11,14H2,1-3H3. The maximum atomic E-state index is 13.3. The molecule has 0 radical (unpaired) electrons. The molecule has 1 atom stereocenters. The van der Waals surface area contributed by atoms with Crippen molar-refractivity contribution in [2.75, 3.05) is 13.1 Å². The molecule has 4 rings (SSSR count). The van der Waals surface area contributed by atoms with Crippen LogP contribution in [0.15, 0.2) is 47.5 Å². The van der Waals surface area contributed by atoms with Crippen molar-refractivity contribution >= 4 is 33.2 Å². The zero-order valence-electron chi connectivity index (χ0n) is 18.2. The van der Waals surface area contributed by atoms with Crippen molar-refractivity contribution in [3.8, 4) is 0 Å². The molecule has 1 aliphatic rings. The average Bonchev–Trinajstić information content (AvgIpc) is 3.16. The van der Waals surface area contributed by atoms with Gasteiger partial charge in [-0.3, -0.25) is 9.20 Å². The van der Waals surface area contributed by atoms with E-state index in [2.05, 4.69) is 14.9 Å². The summed E-state index contributed by atoms with van der Waals surface area (Å²) in [5, 5.41) is 8.64. The van der Waals surface area contributed by atoms with Crippen LogP contribution in [0.25, 0.3) is 5.65 Å². The number of likely N-dealkylation sites (tertiary alicyclic amines) is 1. The lowest BCUT2D eigenvalue weighted by atomic mass is 9.96. The van der Waals surface area contributed by atoms with Gasteiger partial charge >= 0.3 is 0 Å². The summed E-state index contributed by atoms with van der Waals surface area (Å²) in [5.41, 5.74) is 0.379. The number of hydrogen-bond donors (Lipinski definition) is 1. The van der Waals surface area contributed by atoms with E-state index in [1.165, 1.54) is 12.1 Å². The predicted molar refractivity (Wildman–Crippen MR) is 122 cm³/mol. The van der Waals surface area contributed by atoms with Crippen LogP contribution in [0.2, 0.25) is 5.02 Å². The molecule has 1 aliphatic heterocycles. The van der Waals surface area contributed by atoms with Crippen molar-refractivity contribution in [1.82, 2.24) is 24.2 Å². The van der Waals surface area contributed by atoms with Crippen LogP contribution in [0, 0.1) is 0 Å². The summed E-state index contributed by atoms with van der Waals surface area (Å²) in [7, 11) is -3.88. The van der Waals surface area contributed by atoms with Gasteiger partial charge in [0.15, 0.2) is 5.65 Å². The molecule has 0 saturated carbocycles. The van der Waals surface area contributed by atoms with Crippen LogP contribution in [0.4, 0.5) is 0 Å². The van der Waals surface area contributed by atoms with Crippen LogP contribution in [-0.2, 0) is 10.0 Å². The number of sulfonamides is 1. The number of aromatic nitrogens is 3. The van der Waals surface area contributed by atoms with E-state index in [1.807, 2.05) is 28.8 Å². The van der Waals surface area contributed by atoms with Crippen LogP contribution in [0.3, 0.4) is 0 Å². The molecule has 2 aromatic heterocycles. The number of pyridine rings is 1. The first kappa shape index (κ1) is 22.7. The van der Waals surface area contributed by atoms with Gasteiger partial charge in [-0.1, -0.05) is 17.7 Å². The van der Waals surface area contributed by atoms with E-state index in [-0.39, 0.29) is 27.3 Å². The SMILES string of the molecule is CC(C)(C)NS(=O)(=O)c1cc(C(=O)N2CCCC(c3nnc4ccccn34)C2)ccc1Cl. The zero-order chi connectivity index (χ0) is 23.1. The molecule has 1 amide bonds. The van der Waals surface area contributed by atoms with Crippen LogP contribution in [-0.4, -0.2) is 52.5 Å². The van der Waals surface area contributed by atoms with E-state index >= 15 is 0 Å². The fourth-order valence-electron chi connectivity index (χ4n) is 3.99. The lowest BCUT2D eigenvalue weighted by Crippen LogP contribution is -2.41. The van der Waals surface area contributed by atoms with Crippen molar-refractivity contribution in [3.05, 3.63) is 59.0 Å². The molecule has 0 spiro atoms. The molecule has 1 aromatic carbocycles. The Balaban J connectivity index is 1.59. The molecule has 3 heterocycles. The summed E-state index contributed by atoms with van der Waals surface area (Å²) in [6.45, 7) is 6.32. The molecular weight excluding hydrogens is 450 g/mol. The molecule has 3 aromatic rings. The summed E-state index contributed by atoms with van der Waals surface area (Å²) in [4.78, 5) is 14.9. The summed E-state index contributed by atoms with van der Waals surface area (Å²) in [5.74, 6) is 0.641. The molecular formula is C22H26ClN5O3S. The maximum Gasteiger partial charge on any atom is 0.253 e. The monoisotopic (exact) mass is 475 g/mol. The van der Waals surface area contributed by atoms with Crippen molar-refractivity contribution < 1.29 is 13.2 Å². The number of amides is 1. The molecule has 10 heteroatoms. The summed E-state index contributed by atoms with van der Waals surface area (Å²) >= 11 is 6.18. The fraction of sp³-hybridized carbons (Fsp3) is 0.409. The second kappa shape index (κ2) is 8.46. The Morgan fingerprint density at radius 1 is 1.19 bits per heavy atom. The highest BCUT2D eigenvalue weighted by Gasteiger charge is 2.30. The van der Waals surface area contributed by atoms with Gasteiger partial charge in [0.05, 0.1) is 5.02 Å². The molecule has 1 saturated heterocycles. The van der Waals surface area contributed by atoms with Gasteiger partial charge in [-0.05, 0) is 63.9 Å². The Morgan fingerprint density at radius 3 is 2.72 bits per heavy atom. The lowest BCUT2D eigenvalue weighted by Gasteiger charge is -2.32. The summed E-state index contributed by atoms with van der Waals surface area (Å²) in [6, 6.07) is 10.1. The van der Waals surface area contributed by atoms with Crippen LogP contribution in [0.1, 0.15) is 55.7 Å². The summed E-state index contributed by atoms with van der Waals surface area (Å²) in [6.07, 6.45) is 3.64. The third-order valence-electron chi connectivity index (χ3n) is 5.32. The lowest BCUT2D eigenvalue weighted by molar-refractivity contribution is 0.0704. The number of carbonyl (C=O) groups is 1.